The van der Waals surface area contributed by atoms with Gasteiger partial charge >= 0.3 is 5.97 Å². The van der Waals surface area contributed by atoms with Crippen LogP contribution < -0.4 is 15.0 Å². The highest BCUT2D eigenvalue weighted by Gasteiger charge is 2.33. The number of hydrogen-bond acceptors (Lipinski definition) is 10. The van der Waals surface area contributed by atoms with Crippen LogP contribution in [0.4, 0.5) is 23.0 Å². The molecule has 0 saturated heterocycles. The number of nitrogens with one attached hydrogen (secondary N) is 1. The smallest absolute Gasteiger partial charge is 0.342 e. The van der Waals surface area contributed by atoms with Gasteiger partial charge < -0.3 is 29.2 Å². The second-order valence-corrected chi connectivity index (χ2v) is 10.6. The van der Waals surface area contributed by atoms with Crippen LogP contribution in [0, 0.1) is 10.1 Å². The minimum atomic E-state index is -0.469. The number of fused-ring (bicyclic) bond motifs is 2. The maximum absolute atomic E-state index is 12.8. The Kier molecular flexibility index (Phi) is 6.70. The van der Waals surface area contributed by atoms with E-state index in [9.17, 15) is 14.9 Å². The molecule has 1 N–H and O–H groups in total. The van der Waals surface area contributed by atoms with Gasteiger partial charge in [-0.25, -0.2) is 14.8 Å². The zero-order valence-corrected chi connectivity index (χ0v) is 23.4. The number of esters is 1. The van der Waals surface area contributed by atoms with Crippen LogP contribution in [-0.4, -0.2) is 71.7 Å². The first kappa shape index (κ1) is 26.5. The lowest BCUT2D eigenvalue weighted by Gasteiger charge is -2.22. The molecule has 1 fully saturated rings. The molecule has 6 rings (SSSR count). The van der Waals surface area contributed by atoms with E-state index in [1.165, 1.54) is 13.2 Å². The van der Waals surface area contributed by atoms with Crippen LogP contribution in [0.25, 0.3) is 22.2 Å². The largest absolute Gasteiger partial charge is 0.494 e. The second kappa shape index (κ2) is 10.4. The quantitative estimate of drug-likeness (QED) is 0.166. The Morgan fingerprint density at radius 3 is 2.66 bits per heavy atom. The fourth-order valence-corrected chi connectivity index (χ4v) is 5.20. The van der Waals surface area contributed by atoms with Gasteiger partial charge in [0.15, 0.2) is 0 Å². The Labute approximate surface area is 236 Å². The fraction of sp³-hybridized carbons (Fsp3) is 0.345. The number of nitro benzene ring substituents is 1. The summed E-state index contributed by atoms with van der Waals surface area (Å²) < 4.78 is 13.2. The van der Waals surface area contributed by atoms with Crippen molar-refractivity contribution >= 4 is 39.9 Å². The summed E-state index contributed by atoms with van der Waals surface area (Å²) in [6, 6.07) is 11.5. The number of anilines is 3. The summed E-state index contributed by atoms with van der Waals surface area (Å²) in [6.07, 6.45) is 4.26. The predicted molar refractivity (Wildman–Crippen MR) is 155 cm³/mol. The first-order chi connectivity index (χ1) is 19.7. The Bertz CT molecular complexity index is 1680. The van der Waals surface area contributed by atoms with E-state index in [2.05, 4.69) is 20.9 Å². The van der Waals surface area contributed by atoms with Crippen LogP contribution in [0.2, 0.25) is 0 Å². The van der Waals surface area contributed by atoms with Gasteiger partial charge in [0.1, 0.15) is 23.6 Å². The van der Waals surface area contributed by atoms with Crippen LogP contribution in [0.5, 0.6) is 5.75 Å². The first-order valence-corrected chi connectivity index (χ1v) is 13.4. The molecule has 41 heavy (non-hydrogen) atoms. The van der Waals surface area contributed by atoms with E-state index < -0.39 is 10.9 Å². The van der Waals surface area contributed by atoms with Gasteiger partial charge in [-0.15, -0.1) is 0 Å². The van der Waals surface area contributed by atoms with Crippen molar-refractivity contribution < 1.29 is 19.2 Å². The molecule has 0 radical (unpaired) electrons. The van der Waals surface area contributed by atoms with E-state index in [1.807, 2.05) is 55.3 Å². The lowest BCUT2D eigenvalue weighted by atomic mass is 10.0. The van der Waals surface area contributed by atoms with Crippen molar-refractivity contribution in [1.29, 1.82) is 0 Å². The molecule has 2 aliphatic rings. The predicted octanol–water partition coefficient (Wildman–Crippen LogP) is 4.76. The van der Waals surface area contributed by atoms with Gasteiger partial charge in [-0.2, -0.15) is 0 Å². The Hall–Kier alpha value is -4.71. The fourth-order valence-electron chi connectivity index (χ4n) is 5.20. The molecule has 4 aromatic rings. The second-order valence-electron chi connectivity index (χ2n) is 10.6. The number of nitro groups is 1. The highest BCUT2D eigenvalue weighted by atomic mass is 16.6. The van der Waals surface area contributed by atoms with Crippen molar-refractivity contribution in [2.45, 2.75) is 25.5 Å². The molecule has 2 aromatic carbocycles. The molecule has 0 amide bonds. The Balaban J connectivity index is 1.44. The summed E-state index contributed by atoms with van der Waals surface area (Å²) in [4.78, 5) is 37.7. The van der Waals surface area contributed by atoms with E-state index in [0.29, 0.717) is 46.7 Å². The van der Waals surface area contributed by atoms with Crippen LogP contribution in [0.1, 0.15) is 34.9 Å². The van der Waals surface area contributed by atoms with E-state index in [1.54, 1.807) is 6.07 Å². The van der Waals surface area contributed by atoms with Crippen molar-refractivity contribution in [3.8, 4) is 17.0 Å². The average Bonchev–Trinajstić information content (AvgIpc) is 3.63. The summed E-state index contributed by atoms with van der Waals surface area (Å²) in [6.45, 7) is 1.33. The number of carbonyl (C=O) groups is 1. The van der Waals surface area contributed by atoms with Crippen molar-refractivity contribution in [3.63, 3.8) is 0 Å². The summed E-state index contributed by atoms with van der Waals surface area (Å²) in [5.74, 6) is 0.107. The number of cyclic esters (lactones) is 1. The van der Waals surface area contributed by atoms with Gasteiger partial charge in [-0.05, 0) is 33.0 Å². The zero-order chi connectivity index (χ0) is 28.8. The lowest BCUT2D eigenvalue weighted by molar-refractivity contribution is -0.384. The van der Waals surface area contributed by atoms with Gasteiger partial charge in [-0.1, -0.05) is 18.2 Å². The molecular formula is C29H31N7O5. The Morgan fingerprint density at radius 1 is 1.17 bits per heavy atom. The van der Waals surface area contributed by atoms with Crippen molar-refractivity contribution in [1.82, 2.24) is 19.4 Å². The van der Waals surface area contributed by atoms with E-state index in [0.717, 1.165) is 35.9 Å². The molecule has 212 valence electrons. The number of ether oxygens (including phenoxy) is 2. The number of methoxy groups -OCH3 is 1. The molecule has 1 saturated carbocycles. The van der Waals surface area contributed by atoms with Crippen LogP contribution in [0.15, 0.2) is 42.6 Å². The Morgan fingerprint density at radius 2 is 1.95 bits per heavy atom. The monoisotopic (exact) mass is 557 g/mol. The first-order valence-electron chi connectivity index (χ1n) is 13.4. The number of likely N-dealkylation sites (N-methyl/N-ethyl adjacent to an activating group) is 2. The summed E-state index contributed by atoms with van der Waals surface area (Å²) in [5, 5.41) is 16.2. The minimum Gasteiger partial charge on any atom is -0.494 e. The number of nitrogens with zero attached hydrogens (tertiary/aromatic N) is 6. The highest BCUT2D eigenvalue weighted by molar-refractivity contribution is 6.05. The zero-order valence-electron chi connectivity index (χ0n) is 23.4. The summed E-state index contributed by atoms with van der Waals surface area (Å²) in [7, 11) is 7.21. The number of rotatable bonds is 10. The number of aromatic nitrogens is 3. The molecule has 3 heterocycles. The summed E-state index contributed by atoms with van der Waals surface area (Å²) >= 11 is 0. The SMILES string of the molecule is COc1cc(N(C)CCN(C)C)c([N+](=O)[O-])cc1Nc1nc2c(c(-c3cn(C4CC4)c4ccccc34)n1)C(=O)OC2. The van der Waals surface area contributed by atoms with Crippen LogP contribution in [0.3, 0.4) is 0 Å². The molecule has 12 nitrogen and oxygen atoms in total. The summed E-state index contributed by atoms with van der Waals surface area (Å²) in [5.41, 5.74) is 3.82. The maximum atomic E-state index is 12.8. The van der Waals surface area contributed by atoms with Gasteiger partial charge in [0.2, 0.25) is 5.95 Å². The van der Waals surface area contributed by atoms with Crippen LogP contribution >= 0.6 is 0 Å². The van der Waals surface area contributed by atoms with Crippen LogP contribution in [-0.2, 0) is 11.3 Å². The molecule has 1 aliphatic heterocycles. The molecule has 0 atom stereocenters. The molecule has 12 heteroatoms. The number of carbonyl (C=O) groups excluding carboxylic acids is 1. The maximum Gasteiger partial charge on any atom is 0.342 e. The number of para-hydroxylation sites is 1. The van der Waals surface area contributed by atoms with Crippen molar-refractivity contribution in [2.75, 3.05) is 51.6 Å². The molecular weight excluding hydrogens is 526 g/mol. The van der Waals surface area contributed by atoms with E-state index in [-0.39, 0.29) is 18.2 Å². The lowest BCUT2D eigenvalue weighted by Crippen LogP contribution is -2.29. The van der Waals surface area contributed by atoms with Gasteiger partial charge in [0, 0.05) is 61.0 Å². The van der Waals surface area contributed by atoms with E-state index in [4.69, 9.17) is 14.5 Å². The van der Waals surface area contributed by atoms with Gasteiger partial charge in [0.25, 0.3) is 5.69 Å². The van der Waals surface area contributed by atoms with Crippen molar-refractivity contribution in [2.24, 2.45) is 0 Å². The van der Waals surface area contributed by atoms with Gasteiger partial charge in [0.05, 0.1) is 29.1 Å². The minimum absolute atomic E-state index is 0.0204. The molecule has 0 bridgehead atoms. The average molecular weight is 558 g/mol. The molecule has 0 spiro atoms. The standard InChI is InChI=1S/C29H31N7O5/c1-33(2)11-12-34(3)23-14-25(40-4)20(13-24(23)36(38)39)30-29-31-21-16-41-28(37)26(21)27(32-29)19-15-35(17-9-10-17)22-8-6-5-7-18(19)22/h5-8,13-15,17H,9-12,16H2,1-4H3,(H,30,31,32). The third kappa shape index (κ3) is 4.91. The topological polar surface area (TPSA) is 128 Å². The molecule has 1 aliphatic carbocycles. The number of hydrogen-bond donors (Lipinski definition) is 1. The number of benzene rings is 2. The molecule has 2 aromatic heterocycles. The highest BCUT2D eigenvalue weighted by Crippen LogP contribution is 2.43. The van der Waals surface area contributed by atoms with Crippen molar-refractivity contribution in [3.05, 3.63) is 64.0 Å². The van der Waals surface area contributed by atoms with Gasteiger partial charge in [-0.3, -0.25) is 10.1 Å². The normalized spacial score (nSPS) is 14.3. The van der Waals surface area contributed by atoms with E-state index >= 15 is 0 Å². The molecule has 0 unspecified atom stereocenters. The third-order valence-electron chi connectivity index (χ3n) is 7.50. The third-order valence-corrected chi connectivity index (χ3v) is 7.50.